The van der Waals surface area contributed by atoms with Crippen LogP contribution in [0.5, 0.6) is 0 Å². The van der Waals surface area contributed by atoms with Gasteiger partial charge in [0.2, 0.25) is 5.95 Å². The van der Waals surface area contributed by atoms with Gasteiger partial charge in [0.1, 0.15) is 17.9 Å². The van der Waals surface area contributed by atoms with E-state index in [0.29, 0.717) is 0 Å². The topological polar surface area (TPSA) is 77.1 Å². The SMILES string of the molecule is CCC/C(=C(/O)c1cc(C(F)(F)F)c(C#N)c(C(F)(F)F)c1)C(O)c1ccnc(F)c1. The van der Waals surface area contributed by atoms with Crippen LogP contribution in [0.4, 0.5) is 30.7 Å². The van der Waals surface area contributed by atoms with Gasteiger partial charge < -0.3 is 10.2 Å². The van der Waals surface area contributed by atoms with Crippen molar-refractivity contribution < 1.29 is 40.9 Å². The molecule has 1 unspecified atom stereocenters. The Morgan fingerprint density at radius 1 is 1.10 bits per heavy atom. The lowest BCUT2D eigenvalue weighted by atomic mass is 9.91. The number of pyridine rings is 1. The molecule has 11 heteroatoms. The van der Waals surface area contributed by atoms with E-state index >= 15 is 0 Å². The lowest BCUT2D eigenvalue weighted by Crippen LogP contribution is -2.16. The van der Waals surface area contributed by atoms with Crippen molar-refractivity contribution in [2.24, 2.45) is 0 Å². The van der Waals surface area contributed by atoms with Crippen LogP contribution in [0.15, 0.2) is 36.0 Å². The minimum absolute atomic E-state index is 0.108. The van der Waals surface area contributed by atoms with Crippen molar-refractivity contribution in [2.45, 2.75) is 38.2 Å². The first-order valence-corrected chi connectivity index (χ1v) is 8.75. The molecule has 0 bridgehead atoms. The number of aromatic nitrogens is 1. The highest BCUT2D eigenvalue weighted by Gasteiger charge is 2.42. The number of halogens is 7. The van der Waals surface area contributed by atoms with Gasteiger partial charge >= 0.3 is 12.4 Å². The molecule has 0 amide bonds. The lowest BCUT2D eigenvalue weighted by molar-refractivity contribution is -0.143. The third-order valence-electron chi connectivity index (χ3n) is 4.35. The van der Waals surface area contributed by atoms with Crippen LogP contribution in [0.1, 0.15) is 53.7 Å². The van der Waals surface area contributed by atoms with E-state index in [1.54, 1.807) is 6.92 Å². The molecule has 1 aromatic carbocycles. The van der Waals surface area contributed by atoms with Crippen molar-refractivity contribution in [2.75, 3.05) is 0 Å². The van der Waals surface area contributed by atoms with E-state index in [4.69, 9.17) is 5.26 Å². The van der Waals surface area contributed by atoms with Crippen LogP contribution in [0.2, 0.25) is 0 Å². The highest BCUT2D eigenvalue weighted by molar-refractivity contribution is 5.67. The van der Waals surface area contributed by atoms with E-state index < -0.39 is 52.4 Å². The molecule has 0 saturated carbocycles. The molecule has 2 rings (SSSR count). The zero-order valence-corrected chi connectivity index (χ0v) is 15.8. The molecule has 0 radical (unpaired) electrons. The summed E-state index contributed by atoms with van der Waals surface area (Å²) in [4.78, 5) is 3.29. The second-order valence-electron chi connectivity index (χ2n) is 6.49. The quantitative estimate of drug-likeness (QED) is 0.338. The molecule has 31 heavy (non-hydrogen) atoms. The average molecular weight is 448 g/mol. The highest BCUT2D eigenvalue weighted by atomic mass is 19.4. The Kier molecular flexibility index (Phi) is 6.96. The molecular weight excluding hydrogens is 433 g/mol. The van der Waals surface area contributed by atoms with E-state index in [0.717, 1.165) is 18.3 Å². The second-order valence-corrected chi connectivity index (χ2v) is 6.49. The molecule has 2 aromatic rings. The molecule has 0 aliphatic rings. The number of nitrogens with zero attached hydrogens (tertiary/aromatic N) is 2. The molecule has 4 nitrogen and oxygen atoms in total. The Hall–Kier alpha value is -3.13. The fraction of sp³-hybridized carbons (Fsp3) is 0.300. The average Bonchev–Trinajstić information content (AvgIpc) is 2.68. The normalized spacial score (nSPS) is 14.1. The maximum Gasteiger partial charge on any atom is 0.417 e. The second kappa shape index (κ2) is 8.93. The Balaban J connectivity index is 2.81. The van der Waals surface area contributed by atoms with Crippen LogP contribution >= 0.6 is 0 Å². The minimum Gasteiger partial charge on any atom is -0.507 e. The van der Waals surface area contributed by atoms with Crippen LogP contribution in [0.3, 0.4) is 0 Å². The number of aliphatic hydroxyl groups is 2. The van der Waals surface area contributed by atoms with Crippen molar-refractivity contribution in [1.29, 1.82) is 5.26 Å². The third kappa shape index (κ3) is 5.32. The van der Waals surface area contributed by atoms with Crippen LogP contribution in [0.25, 0.3) is 5.76 Å². The predicted molar refractivity (Wildman–Crippen MR) is 94.8 cm³/mol. The Morgan fingerprint density at radius 2 is 1.65 bits per heavy atom. The van der Waals surface area contributed by atoms with Gasteiger partial charge in [-0.05, 0) is 36.2 Å². The number of alkyl halides is 6. The van der Waals surface area contributed by atoms with Crippen LogP contribution in [-0.2, 0) is 12.4 Å². The van der Waals surface area contributed by atoms with E-state index in [1.165, 1.54) is 6.07 Å². The summed E-state index contributed by atoms with van der Waals surface area (Å²) in [7, 11) is 0. The van der Waals surface area contributed by atoms with Gasteiger partial charge in [-0.15, -0.1) is 0 Å². The van der Waals surface area contributed by atoms with Crippen molar-refractivity contribution >= 4 is 5.76 Å². The first-order chi connectivity index (χ1) is 14.3. The van der Waals surface area contributed by atoms with E-state index in [9.17, 15) is 40.9 Å². The number of rotatable bonds is 5. The van der Waals surface area contributed by atoms with Gasteiger partial charge in [-0.25, -0.2) is 4.98 Å². The number of benzene rings is 1. The van der Waals surface area contributed by atoms with Crippen molar-refractivity contribution in [1.82, 2.24) is 4.98 Å². The Labute approximate surface area is 171 Å². The van der Waals surface area contributed by atoms with E-state index in [1.807, 2.05) is 0 Å². The van der Waals surface area contributed by atoms with Crippen molar-refractivity contribution in [3.05, 3.63) is 69.8 Å². The first kappa shape index (κ1) is 24.1. The van der Waals surface area contributed by atoms with Gasteiger partial charge in [0.05, 0.1) is 16.7 Å². The summed E-state index contributed by atoms with van der Waals surface area (Å²) in [6, 6.07) is 3.32. The molecule has 0 aliphatic heterocycles. The minimum atomic E-state index is -5.32. The van der Waals surface area contributed by atoms with E-state index in [2.05, 4.69) is 4.98 Å². The predicted octanol–water partition coefficient (Wildman–Crippen LogP) is 5.93. The molecule has 0 aliphatic carbocycles. The fourth-order valence-electron chi connectivity index (χ4n) is 2.97. The summed E-state index contributed by atoms with van der Waals surface area (Å²) in [5, 5.41) is 30.0. The lowest BCUT2D eigenvalue weighted by Gasteiger charge is -2.20. The third-order valence-corrected chi connectivity index (χ3v) is 4.35. The molecule has 1 heterocycles. The van der Waals surface area contributed by atoms with Gasteiger partial charge in [0.15, 0.2) is 0 Å². The van der Waals surface area contributed by atoms with Gasteiger partial charge in [0.25, 0.3) is 0 Å². The summed E-state index contributed by atoms with van der Waals surface area (Å²) >= 11 is 0. The first-order valence-electron chi connectivity index (χ1n) is 8.75. The number of hydrogen-bond acceptors (Lipinski definition) is 4. The summed E-state index contributed by atoms with van der Waals surface area (Å²) < 4.78 is 93.5. The monoisotopic (exact) mass is 448 g/mol. The molecule has 166 valence electrons. The largest absolute Gasteiger partial charge is 0.507 e. The number of hydrogen-bond donors (Lipinski definition) is 2. The molecule has 0 saturated heterocycles. The van der Waals surface area contributed by atoms with Gasteiger partial charge in [0, 0.05) is 17.3 Å². The molecule has 2 N–H and O–H groups in total. The van der Waals surface area contributed by atoms with Gasteiger partial charge in [-0.2, -0.15) is 36.0 Å². The van der Waals surface area contributed by atoms with E-state index in [-0.39, 0.29) is 36.1 Å². The summed E-state index contributed by atoms with van der Waals surface area (Å²) in [5.41, 5.74) is -6.72. The molecule has 1 atom stereocenters. The maximum atomic E-state index is 13.4. The van der Waals surface area contributed by atoms with Gasteiger partial charge in [-0.1, -0.05) is 13.3 Å². The van der Waals surface area contributed by atoms with Crippen molar-refractivity contribution in [3.63, 3.8) is 0 Å². The summed E-state index contributed by atoms with van der Waals surface area (Å²) in [6.45, 7) is 1.59. The number of aliphatic hydroxyl groups excluding tert-OH is 2. The molecular formula is C20H15F7N2O2. The highest BCUT2D eigenvalue weighted by Crippen LogP contribution is 2.42. The molecule has 0 fully saturated rings. The molecule has 1 aromatic heterocycles. The zero-order valence-electron chi connectivity index (χ0n) is 15.8. The summed E-state index contributed by atoms with van der Waals surface area (Å²) in [6.07, 6.45) is -11.2. The van der Waals surface area contributed by atoms with Crippen LogP contribution < -0.4 is 0 Å². The maximum absolute atomic E-state index is 13.4. The smallest absolute Gasteiger partial charge is 0.417 e. The number of nitriles is 1. The zero-order chi connectivity index (χ0) is 23.6. The van der Waals surface area contributed by atoms with Crippen LogP contribution in [0, 0.1) is 17.3 Å². The van der Waals surface area contributed by atoms with Gasteiger partial charge in [-0.3, -0.25) is 0 Å². The molecule has 0 spiro atoms. The Bertz CT molecular complexity index is 1000. The summed E-state index contributed by atoms with van der Waals surface area (Å²) in [5.74, 6) is -2.02. The van der Waals surface area contributed by atoms with Crippen LogP contribution in [-0.4, -0.2) is 15.2 Å². The standard InChI is InChI=1S/C20H15F7N2O2/c1-2-3-12(17(30)10-4-5-29-16(21)8-10)18(31)11-6-14(19(22,23)24)13(9-28)15(7-11)20(25,26)27/h4-8,17,30-31H,2-3H2,1H3/b18-12-. The van der Waals surface area contributed by atoms with Crippen molar-refractivity contribution in [3.8, 4) is 6.07 Å². The fourth-order valence-corrected chi connectivity index (χ4v) is 2.97. The Morgan fingerprint density at radius 3 is 2.06 bits per heavy atom.